The molecule has 148 valence electrons. The standard InChI is InChI=1S/C20H25N5O3/c1-14-6-7-18(13-21-14)23-19(26)22-17-5-3-4-16(12-17)15(2)24-8-10-25(11-9-24)20(27)28/h3-7,12-13,15H,8-11H2,1-2H3,(H,27,28)(H2,22,23,26)/t15-/m0/s1. The molecular formula is C20H25N5O3. The number of aryl methyl sites for hydroxylation is 1. The number of carbonyl (C=O) groups excluding carboxylic acids is 1. The number of benzene rings is 1. The van der Waals surface area contributed by atoms with E-state index >= 15 is 0 Å². The van der Waals surface area contributed by atoms with Gasteiger partial charge in [0.15, 0.2) is 0 Å². The third kappa shape index (κ3) is 4.98. The van der Waals surface area contributed by atoms with Gasteiger partial charge in [0.1, 0.15) is 0 Å². The smallest absolute Gasteiger partial charge is 0.407 e. The number of hydrogen-bond donors (Lipinski definition) is 3. The van der Waals surface area contributed by atoms with Gasteiger partial charge >= 0.3 is 12.1 Å². The van der Waals surface area contributed by atoms with E-state index in [1.54, 1.807) is 12.3 Å². The number of rotatable bonds is 4. The lowest BCUT2D eigenvalue weighted by atomic mass is 10.1. The Hall–Kier alpha value is -3.13. The molecule has 3 amide bonds. The predicted molar refractivity (Wildman–Crippen MR) is 108 cm³/mol. The molecule has 2 heterocycles. The van der Waals surface area contributed by atoms with Crippen molar-refractivity contribution in [3.63, 3.8) is 0 Å². The minimum Gasteiger partial charge on any atom is -0.465 e. The Labute approximate surface area is 164 Å². The van der Waals surface area contributed by atoms with Crippen molar-refractivity contribution in [2.24, 2.45) is 0 Å². The number of carbonyl (C=O) groups is 2. The number of nitrogens with zero attached hydrogens (tertiary/aromatic N) is 3. The van der Waals surface area contributed by atoms with E-state index in [2.05, 4.69) is 27.4 Å². The van der Waals surface area contributed by atoms with Crippen LogP contribution in [0.3, 0.4) is 0 Å². The lowest BCUT2D eigenvalue weighted by Gasteiger charge is -2.37. The van der Waals surface area contributed by atoms with Crippen LogP contribution in [0.2, 0.25) is 0 Å². The number of pyridine rings is 1. The van der Waals surface area contributed by atoms with Crippen LogP contribution in [0.15, 0.2) is 42.6 Å². The molecule has 3 N–H and O–H groups in total. The molecule has 3 rings (SSSR count). The first-order valence-corrected chi connectivity index (χ1v) is 9.25. The second-order valence-corrected chi connectivity index (χ2v) is 6.87. The summed E-state index contributed by atoms with van der Waals surface area (Å²) in [5.74, 6) is 0. The van der Waals surface area contributed by atoms with E-state index in [1.807, 2.05) is 37.3 Å². The van der Waals surface area contributed by atoms with Crippen LogP contribution in [0.1, 0.15) is 24.2 Å². The van der Waals surface area contributed by atoms with Crippen molar-refractivity contribution in [3.05, 3.63) is 53.9 Å². The maximum Gasteiger partial charge on any atom is 0.407 e. The summed E-state index contributed by atoms with van der Waals surface area (Å²) in [5, 5.41) is 14.7. The second kappa shape index (κ2) is 8.71. The SMILES string of the molecule is Cc1ccc(NC(=O)Nc2cccc([C@H](C)N3CCN(C(=O)O)CC3)c2)cn1. The van der Waals surface area contributed by atoms with E-state index in [-0.39, 0.29) is 12.1 Å². The largest absolute Gasteiger partial charge is 0.465 e. The molecule has 1 aromatic heterocycles. The highest BCUT2D eigenvalue weighted by atomic mass is 16.4. The molecular weight excluding hydrogens is 358 g/mol. The predicted octanol–water partition coefficient (Wildman–Crippen LogP) is 3.39. The molecule has 1 fully saturated rings. The molecule has 1 atom stereocenters. The van der Waals surface area contributed by atoms with Crippen LogP contribution in [0, 0.1) is 6.92 Å². The van der Waals surface area contributed by atoms with E-state index in [1.165, 1.54) is 4.90 Å². The summed E-state index contributed by atoms with van der Waals surface area (Å²) in [6.07, 6.45) is 0.748. The Morgan fingerprint density at radius 3 is 2.43 bits per heavy atom. The van der Waals surface area contributed by atoms with Crippen molar-refractivity contribution in [3.8, 4) is 0 Å². The van der Waals surface area contributed by atoms with Crippen LogP contribution >= 0.6 is 0 Å². The van der Waals surface area contributed by atoms with Crippen LogP contribution in [-0.2, 0) is 0 Å². The van der Waals surface area contributed by atoms with Gasteiger partial charge in [0.2, 0.25) is 0 Å². The monoisotopic (exact) mass is 383 g/mol. The Kier molecular flexibility index (Phi) is 6.10. The molecule has 1 saturated heterocycles. The quantitative estimate of drug-likeness (QED) is 0.752. The van der Waals surface area contributed by atoms with Crippen LogP contribution in [-0.4, -0.2) is 58.2 Å². The van der Waals surface area contributed by atoms with Gasteiger partial charge in [-0.1, -0.05) is 12.1 Å². The first-order chi connectivity index (χ1) is 13.4. The molecule has 1 aromatic carbocycles. The van der Waals surface area contributed by atoms with Crippen molar-refractivity contribution in [2.45, 2.75) is 19.9 Å². The van der Waals surface area contributed by atoms with Gasteiger partial charge in [0.25, 0.3) is 0 Å². The Balaban J connectivity index is 1.59. The summed E-state index contributed by atoms with van der Waals surface area (Å²) in [7, 11) is 0. The van der Waals surface area contributed by atoms with E-state index in [9.17, 15) is 9.59 Å². The minimum atomic E-state index is -0.867. The van der Waals surface area contributed by atoms with Crippen LogP contribution < -0.4 is 10.6 Å². The number of amides is 3. The van der Waals surface area contributed by atoms with E-state index in [0.29, 0.717) is 37.6 Å². The molecule has 0 unspecified atom stereocenters. The molecule has 8 heteroatoms. The molecule has 0 spiro atoms. The maximum atomic E-state index is 12.2. The number of hydrogen-bond acceptors (Lipinski definition) is 4. The molecule has 0 radical (unpaired) electrons. The number of nitrogens with one attached hydrogen (secondary N) is 2. The zero-order chi connectivity index (χ0) is 20.1. The Morgan fingerprint density at radius 2 is 1.79 bits per heavy atom. The van der Waals surface area contributed by atoms with Gasteiger partial charge in [-0.25, -0.2) is 9.59 Å². The van der Waals surface area contributed by atoms with Crippen molar-refractivity contribution < 1.29 is 14.7 Å². The van der Waals surface area contributed by atoms with Gasteiger partial charge in [-0.3, -0.25) is 9.88 Å². The van der Waals surface area contributed by atoms with Crippen LogP contribution in [0.5, 0.6) is 0 Å². The number of anilines is 2. The first-order valence-electron chi connectivity index (χ1n) is 9.25. The van der Waals surface area contributed by atoms with Crippen LogP contribution in [0.4, 0.5) is 21.0 Å². The Morgan fingerprint density at radius 1 is 1.07 bits per heavy atom. The Bertz CT molecular complexity index is 832. The molecule has 0 aliphatic carbocycles. The highest BCUT2D eigenvalue weighted by Crippen LogP contribution is 2.24. The molecule has 1 aliphatic heterocycles. The number of carboxylic acid groups (broad SMARTS) is 1. The van der Waals surface area contributed by atoms with Gasteiger partial charge in [-0.2, -0.15) is 0 Å². The highest BCUT2D eigenvalue weighted by molar-refractivity contribution is 5.99. The summed E-state index contributed by atoms with van der Waals surface area (Å²) >= 11 is 0. The third-order valence-electron chi connectivity index (χ3n) is 4.93. The second-order valence-electron chi connectivity index (χ2n) is 6.87. The zero-order valence-electron chi connectivity index (χ0n) is 16.1. The third-order valence-corrected chi connectivity index (χ3v) is 4.93. The van der Waals surface area contributed by atoms with E-state index < -0.39 is 6.09 Å². The van der Waals surface area contributed by atoms with Gasteiger partial charge in [0.05, 0.1) is 11.9 Å². The molecule has 28 heavy (non-hydrogen) atoms. The lowest BCUT2D eigenvalue weighted by Crippen LogP contribution is -2.48. The number of piperazine rings is 1. The van der Waals surface area contributed by atoms with Crippen molar-refractivity contribution in [1.29, 1.82) is 0 Å². The summed E-state index contributed by atoms with van der Waals surface area (Å²) in [6.45, 7) is 6.36. The minimum absolute atomic E-state index is 0.127. The van der Waals surface area contributed by atoms with Gasteiger partial charge in [0, 0.05) is 43.6 Å². The molecule has 0 saturated carbocycles. The van der Waals surface area contributed by atoms with Crippen LogP contribution in [0.25, 0.3) is 0 Å². The maximum absolute atomic E-state index is 12.2. The van der Waals surface area contributed by atoms with E-state index in [4.69, 9.17) is 5.11 Å². The van der Waals surface area contributed by atoms with E-state index in [0.717, 1.165) is 11.3 Å². The highest BCUT2D eigenvalue weighted by Gasteiger charge is 2.24. The zero-order valence-corrected chi connectivity index (χ0v) is 16.1. The normalized spacial score (nSPS) is 15.7. The molecule has 1 aliphatic rings. The lowest BCUT2D eigenvalue weighted by molar-refractivity contribution is 0.0889. The fraction of sp³-hybridized carbons (Fsp3) is 0.350. The fourth-order valence-electron chi connectivity index (χ4n) is 3.22. The average Bonchev–Trinajstić information content (AvgIpc) is 2.69. The molecule has 8 nitrogen and oxygen atoms in total. The summed E-state index contributed by atoms with van der Waals surface area (Å²) < 4.78 is 0. The van der Waals surface area contributed by atoms with Crippen molar-refractivity contribution in [1.82, 2.24) is 14.8 Å². The first kappa shape index (κ1) is 19.6. The molecule has 2 aromatic rings. The van der Waals surface area contributed by atoms with Crippen molar-refractivity contribution >= 4 is 23.5 Å². The van der Waals surface area contributed by atoms with Gasteiger partial charge in [-0.05, 0) is 43.7 Å². The fourth-order valence-corrected chi connectivity index (χ4v) is 3.22. The molecule has 0 bridgehead atoms. The van der Waals surface area contributed by atoms with Gasteiger partial charge in [-0.15, -0.1) is 0 Å². The number of aromatic nitrogens is 1. The summed E-state index contributed by atoms with van der Waals surface area (Å²) in [4.78, 5) is 31.1. The number of urea groups is 1. The average molecular weight is 383 g/mol. The topological polar surface area (TPSA) is 97.8 Å². The van der Waals surface area contributed by atoms with Crippen molar-refractivity contribution in [2.75, 3.05) is 36.8 Å². The summed E-state index contributed by atoms with van der Waals surface area (Å²) in [6, 6.07) is 11.1. The summed E-state index contributed by atoms with van der Waals surface area (Å²) in [5.41, 5.74) is 3.28. The van der Waals surface area contributed by atoms with Gasteiger partial charge < -0.3 is 20.6 Å².